The van der Waals surface area contributed by atoms with Crippen LogP contribution in [0.15, 0.2) is 18.2 Å². The zero-order chi connectivity index (χ0) is 15.0. The third-order valence-electron chi connectivity index (χ3n) is 2.58. The fourth-order valence-electron chi connectivity index (χ4n) is 1.65. The van der Waals surface area contributed by atoms with Crippen LogP contribution in [0.25, 0.3) is 0 Å². The summed E-state index contributed by atoms with van der Waals surface area (Å²) < 4.78 is 15.3. The molecule has 0 aliphatic rings. The van der Waals surface area contributed by atoms with Crippen LogP contribution in [-0.4, -0.2) is 51.1 Å². The molecule has 6 nitrogen and oxygen atoms in total. The van der Waals surface area contributed by atoms with E-state index in [0.29, 0.717) is 23.7 Å². The van der Waals surface area contributed by atoms with Crippen molar-refractivity contribution in [3.05, 3.63) is 23.8 Å². The minimum atomic E-state index is -0.728. The smallest absolute Gasteiger partial charge is 0.251 e. The molecule has 112 valence electrons. The highest BCUT2D eigenvalue weighted by atomic mass is 16.5. The van der Waals surface area contributed by atoms with E-state index in [0.717, 1.165) is 0 Å². The van der Waals surface area contributed by atoms with Gasteiger partial charge < -0.3 is 24.6 Å². The molecule has 0 aliphatic heterocycles. The second-order valence-electron chi connectivity index (χ2n) is 4.12. The molecule has 6 heteroatoms. The van der Waals surface area contributed by atoms with Gasteiger partial charge in [0, 0.05) is 19.2 Å². The highest BCUT2D eigenvalue weighted by molar-refractivity contribution is 5.94. The van der Waals surface area contributed by atoms with Crippen molar-refractivity contribution in [3.8, 4) is 11.5 Å². The standard InChI is InChI=1S/C14H21NO5/c1-4-20-12-6-5-10(7-13(12)19-3)14(17)15-8-11(16)9-18-2/h5-7,11,16H,4,8-9H2,1-3H3,(H,15,17). The second kappa shape index (κ2) is 8.39. The number of carbonyl (C=O) groups excluding carboxylic acids is 1. The van der Waals surface area contributed by atoms with Gasteiger partial charge in [-0.25, -0.2) is 0 Å². The molecule has 0 spiro atoms. The topological polar surface area (TPSA) is 77.0 Å². The van der Waals surface area contributed by atoms with Crippen molar-refractivity contribution in [2.24, 2.45) is 0 Å². The van der Waals surface area contributed by atoms with Crippen LogP contribution in [0.2, 0.25) is 0 Å². The van der Waals surface area contributed by atoms with Crippen LogP contribution in [0.4, 0.5) is 0 Å². The van der Waals surface area contributed by atoms with Crippen LogP contribution < -0.4 is 14.8 Å². The number of nitrogens with one attached hydrogen (secondary N) is 1. The van der Waals surface area contributed by atoms with Crippen molar-refractivity contribution in [1.82, 2.24) is 5.32 Å². The van der Waals surface area contributed by atoms with Gasteiger partial charge in [0.15, 0.2) is 11.5 Å². The van der Waals surface area contributed by atoms with Crippen LogP contribution in [0.1, 0.15) is 17.3 Å². The van der Waals surface area contributed by atoms with E-state index in [1.165, 1.54) is 14.2 Å². The van der Waals surface area contributed by atoms with Gasteiger partial charge in [-0.1, -0.05) is 0 Å². The summed E-state index contributed by atoms with van der Waals surface area (Å²) in [4.78, 5) is 11.9. The maximum atomic E-state index is 11.9. The molecular formula is C14H21NO5. The number of methoxy groups -OCH3 is 2. The molecule has 0 saturated carbocycles. The summed E-state index contributed by atoms with van der Waals surface area (Å²) >= 11 is 0. The Kier molecular flexibility index (Phi) is 6.83. The highest BCUT2D eigenvalue weighted by Crippen LogP contribution is 2.27. The number of carbonyl (C=O) groups is 1. The largest absolute Gasteiger partial charge is 0.493 e. The summed E-state index contributed by atoms with van der Waals surface area (Å²) in [6.07, 6.45) is -0.728. The first kappa shape index (κ1) is 16.3. The van der Waals surface area contributed by atoms with Crippen LogP contribution >= 0.6 is 0 Å². The molecule has 1 amide bonds. The number of rotatable bonds is 8. The molecule has 1 aromatic rings. The molecule has 0 fully saturated rings. The molecular weight excluding hydrogens is 262 g/mol. The first-order chi connectivity index (χ1) is 9.62. The molecule has 0 bridgehead atoms. The van der Waals surface area contributed by atoms with Gasteiger partial charge in [0.25, 0.3) is 5.91 Å². The Bertz CT molecular complexity index is 436. The summed E-state index contributed by atoms with van der Waals surface area (Å²) in [5.74, 6) is 0.796. The zero-order valence-corrected chi connectivity index (χ0v) is 12.0. The number of ether oxygens (including phenoxy) is 3. The predicted molar refractivity (Wildman–Crippen MR) is 74.4 cm³/mol. The molecule has 0 aromatic heterocycles. The van der Waals surface area contributed by atoms with Crippen molar-refractivity contribution in [2.75, 3.05) is 34.0 Å². The molecule has 0 heterocycles. The van der Waals surface area contributed by atoms with Crippen molar-refractivity contribution in [2.45, 2.75) is 13.0 Å². The van der Waals surface area contributed by atoms with Gasteiger partial charge in [-0.15, -0.1) is 0 Å². The van der Waals surface area contributed by atoms with E-state index in [4.69, 9.17) is 14.2 Å². The van der Waals surface area contributed by atoms with E-state index in [-0.39, 0.29) is 19.1 Å². The quantitative estimate of drug-likeness (QED) is 0.739. The van der Waals surface area contributed by atoms with E-state index in [1.807, 2.05) is 6.92 Å². The lowest BCUT2D eigenvalue weighted by atomic mass is 10.2. The van der Waals surface area contributed by atoms with Crippen molar-refractivity contribution >= 4 is 5.91 Å². The van der Waals surface area contributed by atoms with E-state index in [2.05, 4.69) is 5.32 Å². The van der Waals surface area contributed by atoms with E-state index in [9.17, 15) is 9.90 Å². The number of aliphatic hydroxyl groups excluding tert-OH is 1. The van der Waals surface area contributed by atoms with Gasteiger partial charge in [0.05, 0.1) is 26.4 Å². The predicted octanol–water partition coefficient (Wildman–Crippen LogP) is 0.831. The number of hydrogen-bond donors (Lipinski definition) is 2. The molecule has 0 saturated heterocycles. The van der Waals surface area contributed by atoms with Crippen molar-refractivity contribution < 1.29 is 24.1 Å². The monoisotopic (exact) mass is 283 g/mol. The number of benzene rings is 1. The lowest BCUT2D eigenvalue weighted by molar-refractivity contribution is 0.0609. The zero-order valence-electron chi connectivity index (χ0n) is 12.0. The minimum absolute atomic E-state index is 0.127. The maximum absolute atomic E-state index is 11.9. The Morgan fingerprint density at radius 2 is 2.10 bits per heavy atom. The van der Waals surface area contributed by atoms with E-state index in [1.54, 1.807) is 18.2 Å². The van der Waals surface area contributed by atoms with Gasteiger partial charge in [0.1, 0.15) is 0 Å². The van der Waals surface area contributed by atoms with Gasteiger partial charge in [-0.2, -0.15) is 0 Å². The number of hydrogen-bond acceptors (Lipinski definition) is 5. The Morgan fingerprint density at radius 1 is 1.35 bits per heavy atom. The van der Waals surface area contributed by atoms with E-state index >= 15 is 0 Å². The third-order valence-corrected chi connectivity index (χ3v) is 2.58. The summed E-state index contributed by atoms with van der Waals surface area (Å²) in [7, 11) is 3.00. The SMILES string of the molecule is CCOc1ccc(C(=O)NCC(O)COC)cc1OC. The molecule has 2 N–H and O–H groups in total. The van der Waals surface area contributed by atoms with Gasteiger partial charge in [-0.05, 0) is 25.1 Å². The highest BCUT2D eigenvalue weighted by Gasteiger charge is 2.12. The average Bonchev–Trinajstić information content (AvgIpc) is 2.45. The Balaban J connectivity index is 2.68. The normalized spacial score (nSPS) is 11.8. The molecule has 1 rings (SSSR count). The second-order valence-corrected chi connectivity index (χ2v) is 4.12. The Morgan fingerprint density at radius 3 is 2.70 bits per heavy atom. The minimum Gasteiger partial charge on any atom is -0.493 e. The van der Waals surface area contributed by atoms with Crippen molar-refractivity contribution in [1.29, 1.82) is 0 Å². The van der Waals surface area contributed by atoms with E-state index < -0.39 is 6.10 Å². The van der Waals surface area contributed by atoms with Crippen LogP contribution in [0, 0.1) is 0 Å². The first-order valence-electron chi connectivity index (χ1n) is 6.38. The maximum Gasteiger partial charge on any atom is 0.251 e. The van der Waals surface area contributed by atoms with Crippen LogP contribution in [0.5, 0.6) is 11.5 Å². The molecule has 20 heavy (non-hydrogen) atoms. The van der Waals surface area contributed by atoms with Gasteiger partial charge in [-0.3, -0.25) is 4.79 Å². The van der Waals surface area contributed by atoms with Crippen LogP contribution in [0.3, 0.4) is 0 Å². The van der Waals surface area contributed by atoms with Crippen molar-refractivity contribution in [3.63, 3.8) is 0 Å². The molecule has 1 atom stereocenters. The average molecular weight is 283 g/mol. The van der Waals surface area contributed by atoms with Crippen LogP contribution in [-0.2, 0) is 4.74 Å². The summed E-state index contributed by atoms with van der Waals surface area (Å²) in [5, 5.41) is 12.1. The first-order valence-corrected chi connectivity index (χ1v) is 6.38. The molecule has 0 aliphatic carbocycles. The number of amides is 1. The summed E-state index contributed by atoms with van der Waals surface area (Å²) in [6, 6.07) is 4.93. The van der Waals surface area contributed by atoms with Gasteiger partial charge >= 0.3 is 0 Å². The lowest BCUT2D eigenvalue weighted by Gasteiger charge is -2.13. The summed E-state index contributed by atoms with van der Waals surface area (Å²) in [5.41, 5.74) is 0.440. The lowest BCUT2D eigenvalue weighted by Crippen LogP contribution is -2.34. The Labute approximate surface area is 118 Å². The molecule has 0 radical (unpaired) electrons. The summed E-state index contributed by atoms with van der Waals surface area (Å²) in [6.45, 7) is 2.69. The Hall–Kier alpha value is -1.79. The van der Waals surface area contributed by atoms with Gasteiger partial charge in [0.2, 0.25) is 0 Å². The molecule has 1 aromatic carbocycles. The fourth-order valence-corrected chi connectivity index (χ4v) is 1.65. The number of aliphatic hydroxyl groups is 1. The third kappa shape index (κ3) is 4.71. The molecule has 1 unspecified atom stereocenters. The fraction of sp³-hybridized carbons (Fsp3) is 0.500.